The topological polar surface area (TPSA) is 140 Å². The van der Waals surface area contributed by atoms with E-state index in [-0.39, 0.29) is 62.2 Å². The van der Waals surface area contributed by atoms with Gasteiger partial charge in [0.2, 0.25) is 0 Å². The monoisotopic (exact) mass is 609 g/mol. The molecule has 4 aromatic rings. The number of fused-ring (bicyclic) bond motifs is 1. The summed E-state index contributed by atoms with van der Waals surface area (Å²) in [4.78, 5) is 12.8. The minimum atomic E-state index is -4.72. The molecule has 0 saturated heterocycles. The first-order valence-corrected chi connectivity index (χ1v) is 13.9. The Kier molecular flexibility index (Phi) is 10.6. The third-order valence-corrected chi connectivity index (χ3v) is 7.16. The molecule has 0 atom stereocenters. The molecular weight excluding hydrogens is 588 g/mol. The molecule has 0 heterocycles. The van der Waals surface area contributed by atoms with E-state index in [4.69, 9.17) is 27.9 Å². The first-order chi connectivity index (χ1) is 18.5. The van der Waals surface area contributed by atoms with E-state index in [0.29, 0.717) is 35.1 Å². The average molecular weight is 610 g/mol. The van der Waals surface area contributed by atoms with Crippen LogP contribution in [0.4, 0.5) is 17.1 Å². The first-order valence-electron chi connectivity index (χ1n) is 11.7. The molecule has 9 nitrogen and oxygen atoms in total. The Labute approximate surface area is 263 Å². The van der Waals surface area contributed by atoms with Crippen LogP contribution in [0.3, 0.4) is 0 Å². The van der Waals surface area contributed by atoms with Crippen molar-refractivity contribution in [1.29, 1.82) is 0 Å². The normalized spacial score (nSPS) is 11.4. The summed E-state index contributed by atoms with van der Waals surface area (Å²) in [6.07, 6.45) is 0.310. The number of rotatable bonds is 8. The molecule has 202 valence electrons. The van der Waals surface area contributed by atoms with E-state index in [1.54, 1.807) is 56.3 Å². The van der Waals surface area contributed by atoms with Crippen molar-refractivity contribution >= 4 is 67.1 Å². The van der Waals surface area contributed by atoms with Crippen LogP contribution in [-0.2, 0) is 16.5 Å². The number of nitrogens with one attached hydrogen (secondary N) is 1. The van der Waals surface area contributed by atoms with Crippen LogP contribution in [0.25, 0.3) is 10.8 Å². The van der Waals surface area contributed by atoms with Gasteiger partial charge in [-0.25, -0.2) is 0 Å². The third kappa shape index (κ3) is 6.77. The van der Waals surface area contributed by atoms with Crippen molar-refractivity contribution < 1.29 is 57.2 Å². The maximum atomic E-state index is 13.6. The van der Waals surface area contributed by atoms with Crippen molar-refractivity contribution in [2.75, 3.05) is 11.9 Å². The predicted octanol–water partition coefficient (Wildman–Crippen LogP) is 4.10. The van der Waals surface area contributed by atoms with Crippen LogP contribution in [0.15, 0.2) is 75.8 Å². The van der Waals surface area contributed by atoms with E-state index >= 15 is 0 Å². The number of carbonyl (C=O) groups excluding carboxylic acids is 1. The molecule has 0 spiro atoms. The zero-order valence-corrected chi connectivity index (χ0v) is 26.1. The van der Waals surface area contributed by atoms with Crippen LogP contribution in [0.2, 0.25) is 10.0 Å². The number of nitrogens with zero attached hydrogens (tertiary/aromatic N) is 2. The fourth-order valence-corrected chi connectivity index (χ4v) is 5.18. The molecule has 0 unspecified atom stereocenters. The molecule has 4 rings (SSSR count). The molecule has 2 N–H and O–H groups in total. The fraction of sp³-hybridized carbons (Fsp3) is 0.148. The predicted molar refractivity (Wildman–Crippen MR) is 149 cm³/mol. The molecule has 0 fully saturated rings. The summed E-state index contributed by atoms with van der Waals surface area (Å²) >= 11 is 12.3. The number of benzene rings is 4. The second-order valence-corrected chi connectivity index (χ2v) is 10.5. The zero-order chi connectivity index (χ0) is 28.3. The van der Waals surface area contributed by atoms with E-state index in [2.05, 4.69) is 15.5 Å². The first kappa shape index (κ1) is 31.8. The van der Waals surface area contributed by atoms with Crippen LogP contribution in [0.5, 0.6) is 11.5 Å². The van der Waals surface area contributed by atoms with Crippen molar-refractivity contribution in [2.45, 2.75) is 25.2 Å². The van der Waals surface area contributed by atoms with Crippen LogP contribution in [0, 0.1) is 0 Å². The molecule has 0 aliphatic heterocycles. The summed E-state index contributed by atoms with van der Waals surface area (Å²) in [5, 5.41) is 25.6. The SMILES string of the molecule is CCOc1cccc(Cl)c1NC(=O)c1cc2ccccc2c(N=Nc2c(CC)cc(Cl)cc2S(=O)(=O)O)c1[O-].[Na+]. The summed E-state index contributed by atoms with van der Waals surface area (Å²) in [6, 6.07) is 15.5. The van der Waals surface area contributed by atoms with E-state index in [9.17, 15) is 22.9 Å². The smallest absolute Gasteiger partial charge is 0.870 e. The molecule has 0 aliphatic rings. The Morgan fingerprint density at radius 3 is 2.40 bits per heavy atom. The van der Waals surface area contributed by atoms with Crippen molar-refractivity contribution in [3.05, 3.63) is 81.8 Å². The molecule has 0 saturated carbocycles. The number of carbonyl (C=O) groups is 1. The number of anilines is 1. The summed E-state index contributed by atoms with van der Waals surface area (Å²) in [6.45, 7) is 3.84. The second kappa shape index (κ2) is 13.3. The van der Waals surface area contributed by atoms with Crippen LogP contribution in [0.1, 0.15) is 29.8 Å². The van der Waals surface area contributed by atoms with Gasteiger partial charge in [0.1, 0.15) is 22.0 Å². The fourth-order valence-electron chi connectivity index (χ4n) is 3.97. The van der Waals surface area contributed by atoms with E-state index in [1.165, 1.54) is 12.1 Å². The molecule has 4 aromatic carbocycles. The number of azo groups is 1. The van der Waals surface area contributed by atoms with Gasteiger partial charge in [-0.3, -0.25) is 9.35 Å². The van der Waals surface area contributed by atoms with Gasteiger partial charge in [-0.05, 0) is 54.6 Å². The average Bonchev–Trinajstić information content (AvgIpc) is 2.89. The summed E-state index contributed by atoms with van der Waals surface area (Å²) < 4.78 is 39.4. The Morgan fingerprint density at radius 2 is 1.73 bits per heavy atom. The molecule has 0 radical (unpaired) electrons. The van der Waals surface area contributed by atoms with Gasteiger partial charge in [0.15, 0.2) is 0 Å². The molecule has 0 bridgehead atoms. The Balaban J connectivity index is 0.00000441. The van der Waals surface area contributed by atoms with Gasteiger partial charge >= 0.3 is 29.6 Å². The molecule has 40 heavy (non-hydrogen) atoms. The van der Waals surface area contributed by atoms with Crippen molar-refractivity contribution in [3.8, 4) is 11.5 Å². The number of amides is 1. The summed E-state index contributed by atoms with van der Waals surface area (Å²) in [7, 11) is -4.72. The number of hydrogen-bond donors (Lipinski definition) is 2. The number of para-hydroxylation sites is 1. The number of ether oxygens (including phenoxy) is 1. The van der Waals surface area contributed by atoms with E-state index in [1.807, 2.05) is 0 Å². The van der Waals surface area contributed by atoms with E-state index < -0.39 is 26.7 Å². The minimum absolute atomic E-state index is 0. The molecule has 13 heteroatoms. The number of halogens is 2. The van der Waals surface area contributed by atoms with E-state index in [0.717, 1.165) is 6.07 Å². The number of hydrogen-bond acceptors (Lipinski definition) is 7. The summed E-state index contributed by atoms with van der Waals surface area (Å²) in [5.41, 5.74) is -0.0206. The van der Waals surface area contributed by atoms with Crippen LogP contribution in [-0.4, -0.2) is 25.5 Å². The standard InChI is InChI=1S/C27H23Cl2N3O6S.Na/c1-3-15-12-17(28)14-22(39(35,36)37)23(15)31-32-24-18-9-6-5-8-16(18)13-19(26(24)33)27(34)30-25-20(29)10-7-11-21(25)38-4-2;/h5-14,33H,3-4H2,1-2H3,(H,30,34)(H,35,36,37);/q;+1/p-1. The van der Waals surface area contributed by atoms with Crippen LogP contribution < -0.4 is 44.7 Å². The molecule has 1 amide bonds. The molecule has 0 aliphatic carbocycles. The maximum Gasteiger partial charge on any atom is 1.00 e. The zero-order valence-electron chi connectivity index (χ0n) is 21.7. The van der Waals surface area contributed by atoms with Crippen molar-refractivity contribution in [1.82, 2.24) is 0 Å². The van der Waals surface area contributed by atoms with Gasteiger partial charge in [0.25, 0.3) is 16.0 Å². The van der Waals surface area contributed by atoms with Gasteiger partial charge in [-0.15, -0.1) is 5.11 Å². The van der Waals surface area contributed by atoms with Gasteiger partial charge in [0, 0.05) is 16.0 Å². The van der Waals surface area contributed by atoms with Gasteiger partial charge in [0.05, 0.1) is 17.3 Å². The summed E-state index contributed by atoms with van der Waals surface area (Å²) in [5.74, 6) is -1.17. The molecule has 0 aromatic heterocycles. The van der Waals surface area contributed by atoms with Crippen molar-refractivity contribution in [2.24, 2.45) is 10.2 Å². The second-order valence-electron chi connectivity index (χ2n) is 8.26. The van der Waals surface area contributed by atoms with Gasteiger partial charge in [-0.1, -0.05) is 66.2 Å². The number of aryl methyl sites for hydroxylation is 1. The van der Waals surface area contributed by atoms with Gasteiger partial charge < -0.3 is 15.2 Å². The minimum Gasteiger partial charge on any atom is -0.870 e. The van der Waals surface area contributed by atoms with Crippen molar-refractivity contribution in [3.63, 3.8) is 0 Å². The van der Waals surface area contributed by atoms with Crippen LogP contribution >= 0.6 is 23.2 Å². The maximum absolute atomic E-state index is 13.6. The molecular formula is C27H22Cl2N3NaO6S. The Morgan fingerprint density at radius 1 is 1.02 bits per heavy atom. The third-order valence-electron chi connectivity index (χ3n) is 5.76. The Bertz CT molecular complexity index is 1730. The quantitative estimate of drug-likeness (QED) is 0.175. The van der Waals surface area contributed by atoms with Gasteiger partial charge in [-0.2, -0.15) is 13.5 Å². The Hall–Kier alpha value is -2.70. The largest absolute Gasteiger partial charge is 1.00 e.